The largest absolute Gasteiger partial charge is 0.464 e. The quantitative estimate of drug-likeness (QED) is 0.491. The number of aromatic nitrogens is 1. The minimum absolute atomic E-state index is 0.0504. The van der Waals surface area contributed by atoms with Crippen molar-refractivity contribution >= 4 is 5.97 Å². The zero-order chi connectivity index (χ0) is 24.9. The molecule has 0 saturated carbocycles. The molecule has 10 heteroatoms. The first-order chi connectivity index (χ1) is 16.1. The van der Waals surface area contributed by atoms with E-state index in [9.17, 15) is 28.2 Å². The van der Waals surface area contributed by atoms with E-state index < -0.39 is 35.5 Å². The number of nitriles is 1. The standard InChI is InChI=1S/C24H19F3N2O5/c1-2-33-23(32)22(31)21(30)20-5-3-4-19(29-20)14-6-8-16(9-7-14)34-17-10-11-18(24(25,26)27)15(12-17)13-28/h3-12,21-22,30-31H,2H2,1H3/t21-,22-/m1/s1. The number of halogens is 3. The Balaban J connectivity index is 1.77. The van der Waals surface area contributed by atoms with Crippen LogP contribution in [0, 0.1) is 11.3 Å². The summed E-state index contributed by atoms with van der Waals surface area (Å²) in [6, 6.07) is 15.5. The number of aliphatic hydroxyl groups is 2. The summed E-state index contributed by atoms with van der Waals surface area (Å²) in [5.74, 6) is -0.596. The maximum atomic E-state index is 12.9. The van der Waals surface area contributed by atoms with Crippen molar-refractivity contribution in [2.75, 3.05) is 6.61 Å². The third-order valence-corrected chi connectivity index (χ3v) is 4.70. The molecule has 2 aromatic carbocycles. The Kier molecular flexibility index (Phi) is 7.50. The van der Waals surface area contributed by atoms with E-state index in [-0.39, 0.29) is 18.1 Å². The monoisotopic (exact) mass is 472 g/mol. The van der Waals surface area contributed by atoms with E-state index in [1.54, 1.807) is 43.3 Å². The molecule has 0 fully saturated rings. The van der Waals surface area contributed by atoms with Crippen LogP contribution in [-0.2, 0) is 15.7 Å². The topological polar surface area (TPSA) is 113 Å². The molecule has 2 atom stereocenters. The summed E-state index contributed by atoms with van der Waals surface area (Å²) < 4.78 is 49.1. The van der Waals surface area contributed by atoms with Crippen molar-refractivity contribution in [2.45, 2.75) is 25.3 Å². The Morgan fingerprint density at radius 3 is 2.38 bits per heavy atom. The van der Waals surface area contributed by atoms with Crippen LogP contribution in [0.1, 0.15) is 29.8 Å². The van der Waals surface area contributed by atoms with Crippen LogP contribution in [-0.4, -0.2) is 33.9 Å². The van der Waals surface area contributed by atoms with Gasteiger partial charge in [0.2, 0.25) is 0 Å². The second-order valence-corrected chi connectivity index (χ2v) is 7.03. The van der Waals surface area contributed by atoms with Gasteiger partial charge in [0.1, 0.15) is 17.6 Å². The first-order valence-corrected chi connectivity index (χ1v) is 10.0. The number of carbonyl (C=O) groups excluding carboxylic acids is 1. The highest BCUT2D eigenvalue weighted by atomic mass is 19.4. The smallest absolute Gasteiger partial charge is 0.417 e. The van der Waals surface area contributed by atoms with Crippen LogP contribution in [0.25, 0.3) is 11.3 Å². The zero-order valence-electron chi connectivity index (χ0n) is 17.8. The lowest BCUT2D eigenvalue weighted by Crippen LogP contribution is -2.30. The van der Waals surface area contributed by atoms with Crippen LogP contribution >= 0.6 is 0 Å². The molecule has 0 unspecified atom stereocenters. The Hall–Kier alpha value is -3.94. The third kappa shape index (κ3) is 5.70. The second-order valence-electron chi connectivity index (χ2n) is 7.03. The van der Waals surface area contributed by atoms with E-state index in [0.717, 1.165) is 18.2 Å². The summed E-state index contributed by atoms with van der Waals surface area (Å²) in [7, 11) is 0. The fourth-order valence-electron chi connectivity index (χ4n) is 3.05. The molecule has 0 aliphatic rings. The van der Waals surface area contributed by atoms with Crippen molar-refractivity contribution in [2.24, 2.45) is 0 Å². The molecule has 0 amide bonds. The molecule has 34 heavy (non-hydrogen) atoms. The van der Waals surface area contributed by atoms with E-state index in [1.807, 2.05) is 0 Å². The summed E-state index contributed by atoms with van der Waals surface area (Å²) in [5, 5.41) is 29.2. The predicted octanol–water partition coefficient (Wildman–Crippen LogP) is 4.39. The van der Waals surface area contributed by atoms with E-state index >= 15 is 0 Å². The molecule has 3 rings (SSSR count). The van der Waals surface area contributed by atoms with Crippen LogP contribution in [0.4, 0.5) is 13.2 Å². The van der Waals surface area contributed by atoms with Crippen LogP contribution in [0.2, 0.25) is 0 Å². The highest BCUT2D eigenvalue weighted by molar-refractivity contribution is 5.75. The minimum Gasteiger partial charge on any atom is -0.464 e. The van der Waals surface area contributed by atoms with Gasteiger partial charge in [-0.2, -0.15) is 18.4 Å². The van der Waals surface area contributed by atoms with Gasteiger partial charge in [-0.15, -0.1) is 0 Å². The Morgan fingerprint density at radius 1 is 1.09 bits per heavy atom. The minimum atomic E-state index is -4.65. The van der Waals surface area contributed by atoms with Crippen LogP contribution in [0.5, 0.6) is 11.5 Å². The predicted molar refractivity (Wildman–Crippen MR) is 114 cm³/mol. The molecule has 0 aliphatic carbocycles. The highest BCUT2D eigenvalue weighted by Gasteiger charge is 2.33. The van der Waals surface area contributed by atoms with Crippen molar-refractivity contribution in [1.82, 2.24) is 4.98 Å². The van der Waals surface area contributed by atoms with Gasteiger partial charge in [-0.05, 0) is 61.5 Å². The number of rotatable bonds is 7. The molecular formula is C24H19F3N2O5. The lowest BCUT2D eigenvalue weighted by molar-refractivity contribution is -0.159. The number of ether oxygens (including phenoxy) is 2. The van der Waals surface area contributed by atoms with E-state index in [0.29, 0.717) is 17.0 Å². The Labute approximate surface area is 192 Å². The number of alkyl halides is 3. The molecule has 0 bridgehead atoms. The first kappa shape index (κ1) is 24.7. The van der Waals surface area contributed by atoms with Crippen molar-refractivity contribution in [1.29, 1.82) is 5.26 Å². The van der Waals surface area contributed by atoms with Crippen LogP contribution < -0.4 is 4.74 Å². The van der Waals surface area contributed by atoms with Crippen molar-refractivity contribution in [3.8, 4) is 28.8 Å². The molecule has 0 saturated heterocycles. The Morgan fingerprint density at radius 2 is 1.76 bits per heavy atom. The molecule has 2 N–H and O–H groups in total. The van der Waals surface area contributed by atoms with Gasteiger partial charge in [0, 0.05) is 5.56 Å². The van der Waals surface area contributed by atoms with Gasteiger partial charge in [-0.1, -0.05) is 6.07 Å². The summed E-state index contributed by atoms with van der Waals surface area (Å²) in [4.78, 5) is 15.9. The average molecular weight is 472 g/mol. The molecule has 1 aromatic heterocycles. The molecular weight excluding hydrogens is 453 g/mol. The van der Waals surface area contributed by atoms with Crippen LogP contribution in [0.15, 0.2) is 60.7 Å². The van der Waals surface area contributed by atoms with Crippen molar-refractivity contribution in [3.05, 3.63) is 77.5 Å². The maximum Gasteiger partial charge on any atom is 0.417 e. The Bertz CT molecular complexity index is 1210. The van der Waals surface area contributed by atoms with Crippen molar-refractivity contribution < 1.29 is 37.7 Å². The van der Waals surface area contributed by atoms with Gasteiger partial charge < -0.3 is 19.7 Å². The zero-order valence-corrected chi connectivity index (χ0v) is 17.8. The van der Waals surface area contributed by atoms with E-state index in [1.165, 1.54) is 12.1 Å². The van der Waals surface area contributed by atoms with Crippen LogP contribution in [0.3, 0.4) is 0 Å². The first-order valence-electron chi connectivity index (χ1n) is 10.0. The van der Waals surface area contributed by atoms with Gasteiger partial charge in [0.05, 0.1) is 35.2 Å². The molecule has 7 nitrogen and oxygen atoms in total. The number of carbonyl (C=O) groups is 1. The number of aliphatic hydroxyl groups excluding tert-OH is 2. The number of pyridine rings is 1. The molecule has 176 valence electrons. The average Bonchev–Trinajstić information content (AvgIpc) is 2.83. The summed E-state index contributed by atoms with van der Waals surface area (Å²) in [5.41, 5.74) is -0.491. The third-order valence-electron chi connectivity index (χ3n) is 4.70. The number of nitrogens with zero attached hydrogens (tertiary/aromatic N) is 2. The number of hydrogen-bond donors (Lipinski definition) is 2. The highest BCUT2D eigenvalue weighted by Crippen LogP contribution is 2.34. The summed E-state index contributed by atoms with van der Waals surface area (Å²) >= 11 is 0. The SMILES string of the molecule is CCOC(=O)[C@H](O)[C@H](O)c1cccc(-c2ccc(Oc3ccc(C(F)(F)F)c(C#N)c3)cc2)n1. The molecule has 3 aromatic rings. The molecule has 1 heterocycles. The summed E-state index contributed by atoms with van der Waals surface area (Å²) in [6.07, 6.45) is -8.02. The normalized spacial score (nSPS) is 13.0. The van der Waals surface area contributed by atoms with E-state index in [4.69, 9.17) is 14.7 Å². The fraction of sp³-hybridized carbons (Fsp3) is 0.208. The van der Waals surface area contributed by atoms with Crippen molar-refractivity contribution in [3.63, 3.8) is 0 Å². The van der Waals surface area contributed by atoms with Gasteiger partial charge in [-0.3, -0.25) is 0 Å². The number of benzene rings is 2. The number of hydrogen-bond acceptors (Lipinski definition) is 7. The van der Waals surface area contributed by atoms with Gasteiger partial charge >= 0.3 is 12.1 Å². The van der Waals surface area contributed by atoms with E-state index in [2.05, 4.69) is 4.98 Å². The van der Waals surface area contributed by atoms with Gasteiger partial charge in [0.25, 0.3) is 0 Å². The molecule has 0 radical (unpaired) electrons. The maximum absolute atomic E-state index is 12.9. The second kappa shape index (κ2) is 10.3. The number of esters is 1. The van der Waals surface area contributed by atoms with Gasteiger partial charge in [-0.25, -0.2) is 9.78 Å². The molecule has 0 spiro atoms. The van der Waals surface area contributed by atoms with Gasteiger partial charge in [0.15, 0.2) is 6.10 Å². The lowest BCUT2D eigenvalue weighted by Gasteiger charge is -2.16. The molecule has 0 aliphatic heterocycles. The lowest BCUT2D eigenvalue weighted by atomic mass is 10.1. The fourth-order valence-corrected chi connectivity index (χ4v) is 3.05. The summed E-state index contributed by atoms with van der Waals surface area (Å²) in [6.45, 7) is 1.62.